The Bertz CT molecular complexity index is 1220. The highest BCUT2D eigenvalue weighted by atomic mass is 35.5. The molecule has 7 nitrogen and oxygen atoms in total. The van der Waals surface area contributed by atoms with E-state index in [2.05, 4.69) is 15.1 Å². The van der Waals surface area contributed by atoms with Gasteiger partial charge in [-0.05, 0) is 48.5 Å². The van der Waals surface area contributed by atoms with Gasteiger partial charge in [0.05, 0.1) is 42.1 Å². The summed E-state index contributed by atoms with van der Waals surface area (Å²) < 4.78 is 49.1. The van der Waals surface area contributed by atoms with E-state index in [-0.39, 0.29) is 38.8 Å². The van der Waals surface area contributed by atoms with Crippen molar-refractivity contribution in [3.05, 3.63) is 70.2 Å². The molecule has 3 aromatic rings. The van der Waals surface area contributed by atoms with E-state index in [1.807, 2.05) is 0 Å². The highest BCUT2D eigenvalue weighted by Gasteiger charge is 2.30. The number of carbonyl (C=O) groups excluding carboxylic acids is 1. The van der Waals surface area contributed by atoms with Crippen LogP contribution in [0.15, 0.2) is 63.7 Å². The van der Waals surface area contributed by atoms with Crippen molar-refractivity contribution in [2.75, 3.05) is 14.2 Å². The van der Waals surface area contributed by atoms with Gasteiger partial charge >= 0.3 is 12.1 Å². The molecule has 0 saturated carbocycles. The molecule has 0 radical (unpaired) electrons. The van der Waals surface area contributed by atoms with Crippen LogP contribution in [-0.4, -0.2) is 35.9 Å². The van der Waals surface area contributed by atoms with Crippen LogP contribution in [-0.2, 0) is 11.0 Å². The topological polar surface area (TPSA) is 82.9 Å². The Kier molecular flexibility index (Phi) is 8.00. The number of nitrogens with zero attached hydrogens (tertiary/aromatic N) is 3. The standard InChI is InChI=1S/C22H17ClF3N3O4S/c1-12(13-6-4-7-14(10-13)22(24,25)26)29-33-20(30)19-15(23)8-5-9-16(19)34-21-27-17(31-2)11-18(28-21)32-3/h4-11H,1-3H3/b29-12+. The third-order valence-electron chi connectivity index (χ3n) is 4.33. The number of methoxy groups -OCH3 is 2. The molecule has 0 spiro atoms. The quantitative estimate of drug-likeness (QED) is 0.169. The van der Waals surface area contributed by atoms with Crippen molar-refractivity contribution in [1.29, 1.82) is 0 Å². The molecule has 1 heterocycles. The van der Waals surface area contributed by atoms with Gasteiger partial charge in [-0.1, -0.05) is 35.0 Å². The third kappa shape index (κ3) is 6.17. The molecular weight excluding hydrogens is 495 g/mol. The number of hydrogen-bond acceptors (Lipinski definition) is 8. The number of halogens is 4. The molecule has 0 atom stereocenters. The molecule has 0 bridgehead atoms. The Labute approximate surface area is 201 Å². The minimum atomic E-state index is -4.51. The van der Waals surface area contributed by atoms with Crippen LogP contribution in [0.3, 0.4) is 0 Å². The Morgan fingerprint density at radius 3 is 2.29 bits per heavy atom. The van der Waals surface area contributed by atoms with Gasteiger partial charge in [0.2, 0.25) is 11.8 Å². The Morgan fingerprint density at radius 1 is 1.03 bits per heavy atom. The Hall–Kier alpha value is -3.31. The molecule has 0 fully saturated rings. The van der Waals surface area contributed by atoms with E-state index in [9.17, 15) is 18.0 Å². The summed E-state index contributed by atoms with van der Waals surface area (Å²) in [6, 6.07) is 10.7. The number of hydrogen-bond donors (Lipinski definition) is 0. The zero-order valence-corrected chi connectivity index (χ0v) is 19.6. The van der Waals surface area contributed by atoms with Crippen LogP contribution in [0.25, 0.3) is 0 Å². The van der Waals surface area contributed by atoms with Crippen LogP contribution in [0.1, 0.15) is 28.4 Å². The first-order chi connectivity index (χ1) is 16.1. The molecule has 2 aromatic carbocycles. The van der Waals surface area contributed by atoms with Crippen molar-refractivity contribution >= 4 is 35.0 Å². The highest BCUT2D eigenvalue weighted by Crippen LogP contribution is 2.34. The predicted molar refractivity (Wildman–Crippen MR) is 120 cm³/mol. The molecule has 1 aromatic heterocycles. The first kappa shape index (κ1) is 25.3. The lowest BCUT2D eigenvalue weighted by Crippen LogP contribution is -2.08. The minimum Gasteiger partial charge on any atom is -0.481 e. The number of oxime groups is 1. The summed E-state index contributed by atoms with van der Waals surface area (Å²) in [5.41, 5.74) is -0.639. The summed E-state index contributed by atoms with van der Waals surface area (Å²) in [6.07, 6.45) is -4.51. The summed E-state index contributed by atoms with van der Waals surface area (Å²) >= 11 is 7.24. The van der Waals surface area contributed by atoms with E-state index < -0.39 is 17.7 Å². The summed E-state index contributed by atoms with van der Waals surface area (Å²) in [5.74, 6) is -0.405. The summed E-state index contributed by atoms with van der Waals surface area (Å²) in [5, 5.41) is 4.00. The fourth-order valence-corrected chi connectivity index (χ4v) is 3.87. The van der Waals surface area contributed by atoms with Crippen molar-refractivity contribution in [2.24, 2.45) is 5.16 Å². The number of ether oxygens (including phenoxy) is 2. The van der Waals surface area contributed by atoms with Gasteiger partial charge in [-0.15, -0.1) is 0 Å². The second kappa shape index (κ2) is 10.7. The van der Waals surface area contributed by atoms with Crippen LogP contribution in [0.2, 0.25) is 5.02 Å². The van der Waals surface area contributed by atoms with Crippen molar-refractivity contribution < 1.29 is 32.3 Å². The van der Waals surface area contributed by atoms with Crippen LogP contribution in [0.4, 0.5) is 13.2 Å². The number of alkyl halides is 3. The van der Waals surface area contributed by atoms with Crippen molar-refractivity contribution in [3.8, 4) is 11.8 Å². The Balaban J connectivity index is 1.86. The van der Waals surface area contributed by atoms with Crippen LogP contribution < -0.4 is 9.47 Å². The predicted octanol–water partition coefficient (Wildman–Crippen LogP) is 5.90. The molecular formula is C22H17ClF3N3O4S. The van der Waals surface area contributed by atoms with Gasteiger partial charge < -0.3 is 14.3 Å². The maximum Gasteiger partial charge on any atom is 0.416 e. The van der Waals surface area contributed by atoms with Gasteiger partial charge in [-0.3, -0.25) is 0 Å². The maximum absolute atomic E-state index is 13.0. The normalized spacial score (nSPS) is 11.8. The number of benzene rings is 2. The maximum atomic E-state index is 13.0. The lowest BCUT2D eigenvalue weighted by Gasteiger charge is -2.10. The lowest BCUT2D eigenvalue weighted by molar-refractivity contribution is -0.137. The number of aromatic nitrogens is 2. The van der Waals surface area contributed by atoms with Gasteiger partial charge in [0.1, 0.15) is 0 Å². The van der Waals surface area contributed by atoms with Crippen molar-refractivity contribution in [1.82, 2.24) is 9.97 Å². The summed E-state index contributed by atoms with van der Waals surface area (Å²) in [4.78, 5) is 26.6. The van der Waals surface area contributed by atoms with Gasteiger partial charge in [0.25, 0.3) is 0 Å². The van der Waals surface area contributed by atoms with Crippen LogP contribution >= 0.6 is 23.4 Å². The number of carbonyl (C=O) groups is 1. The largest absolute Gasteiger partial charge is 0.481 e. The van der Waals surface area contributed by atoms with Gasteiger partial charge in [-0.25, -0.2) is 4.79 Å². The molecule has 0 aliphatic heterocycles. The lowest BCUT2D eigenvalue weighted by atomic mass is 10.1. The van der Waals surface area contributed by atoms with E-state index in [0.717, 1.165) is 23.9 Å². The average molecular weight is 512 g/mol. The van der Waals surface area contributed by atoms with E-state index in [1.54, 1.807) is 12.1 Å². The highest BCUT2D eigenvalue weighted by molar-refractivity contribution is 7.99. The molecule has 0 aliphatic carbocycles. The second-order valence-corrected chi connectivity index (χ2v) is 8.00. The van der Waals surface area contributed by atoms with Crippen LogP contribution in [0.5, 0.6) is 11.8 Å². The molecule has 178 valence electrons. The molecule has 0 saturated heterocycles. The molecule has 0 aliphatic rings. The van der Waals surface area contributed by atoms with E-state index in [0.29, 0.717) is 4.90 Å². The van der Waals surface area contributed by atoms with Gasteiger partial charge in [0, 0.05) is 4.90 Å². The summed E-state index contributed by atoms with van der Waals surface area (Å²) in [7, 11) is 2.87. The van der Waals surface area contributed by atoms with Crippen LogP contribution in [0, 0.1) is 0 Å². The first-order valence-electron chi connectivity index (χ1n) is 9.49. The number of rotatable bonds is 7. The Morgan fingerprint density at radius 2 is 1.68 bits per heavy atom. The van der Waals surface area contributed by atoms with E-state index in [4.69, 9.17) is 25.9 Å². The first-order valence-corrected chi connectivity index (χ1v) is 10.7. The third-order valence-corrected chi connectivity index (χ3v) is 5.57. The monoisotopic (exact) mass is 511 g/mol. The van der Waals surface area contributed by atoms with Crippen molar-refractivity contribution in [2.45, 2.75) is 23.2 Å². The molecule has 0 amide bonds. The fraction of sp³-hybridized carbons (Fsp3) is 0.182. The average Bonchev–Trinajstić information content (AvgIpc) is 2.81. The molecule has 3 rings (SSSR count). The molecule has 0 N–H and O–H groups in total. The molecule has 12 heteroatoms. The van der Waals surface area contributed by atoms with Gasteiger partial charge in [-0.2, -0.15) is 23.1 Å². The second-order valence-electron chi connectivity index (χ2n) is 6.58. The zero-order chi connectivity index (χ0) is 24.9. The molecule has 34 heavy (non-hydrogen) atoms. The SMILES string of the molecule is COc1cc(OC)nc(Sc2cccc(Cl)c2C(=O)O/N=C(\C)c2cccc(C(F)(F)F)c2)n1. The minimum absolute atomic E-state index is 0.0138. The van der Waals surface area contributed by atoms with Crippen molar-refractivity contribution in [3.63, 3.8) is 0 Å². The fourth-order valence-electron chi connectivity index (χ4n) is 2.65. The van der Waals surface area contributed by atoms with Gasteiger partial charge in [0.15, 0.2) is 5.16 Å². The molecule has 0 unspecified atom stereocenters. The van der Waals surface area contributed by atoms with E-state index in [1.165, 1.54) is 45.4 Å². The smallest absolute Gasteiger partial charge is 0.416 e. The summed E-state index contributed by atoms with van der Waals surface area (Å²) in [6.45, 7) is 1.42. The zero-order valence-electron chi connectivity index (χ0n) is 18.0. The van der Waals surface area contributed by atoms with E-state index >= 15 is 0 Å².